The number of nitrogens with two attached hydrogens (primary N) is 1. The summed E-state index contributed by atoms with van der Waals surface area (Å²) in [6, 6.07) is 3.25. The summed E-state index contributed by atoms with van der Waals surface area (Å²) in [6.45, 7) is 3.16. The van der Waals surface area contributed by atoms with Gasteiger partial charge >= 0.3 is 5.97 Å². The standard InChI is InChI=1S/C19H26N4O3/c20-16-14(2-1-7-21-16)11-22-8-5-19(6-9-22)10-15(18(25)26)23(12-19)17(24)13-3-4-13/h1-2,7,13,15H,3-6,8-12H2,(H2,20,21)(H,25,26)/t15-/m0/s1. The lowest BCUT2D eigenvalue weighted by atomic mass is 9.76. The summed E-state index contributed by atoms with van der Waals surface area (Å²) in [4.78, 5) is 32.4. The molecule has 1 amide bonds. The quantitative estimate of drug-likeness (QED) is 0.843. The molecule has 140 valence electrons. The summed E-state index contributed by atoms with van der Waals surface area (Å²) in [5, 5.41) is 9.60. The number of pyridine rings is 1. The minimum absolute atomic E-state index is 0.0510. The van der Waals surface area contributed by atoms with Gasteiger partial charge in [0.15, 0.2) is 0 Å². The number of likely N-dealkylation sites (tertiary alicyclic amines) is 2. The largest absolute Gasteiger partial charge is 0.480 e. The van der Waals surface area contributed by atoms with Crippen LogP contribution in [0.25, 0.3) is 0 Å². The molecule has 1 aromatic rings. The summed E-state index contributed by atoms with van der Waals surface area (Å²) in [7, 11) is 0. The molecule has 26 heavy (non-hydrogen) atoms. The average Bonchev–Trinajstić information content (AvgIpc) is 3.41. The predicted octanol–water partition coefficient (Wildman–Crippen LogP) is 1.34. The number of carbonyl (C=O) groups is 2. The highest BCUT2D eigenvalue weighted by Gasteiger charge is 2.51. The lowest BCUT2D eigenvalue weighted by Gasteiger charge is -2.39. The molecule has 2 saturated heterocycles. The van der Waals surface area contributed by atoms with Gasteiger partial charge in [0.1, 0.15) is 11.9 Å². The zero-order valence-corrected chi connectivity index (χ0v) is 14.9. The molecule has 4 rings (SSSR count). The number of nitrogen functional groups attached to an aromatic ring is 1. The normalized spacial score (nSPS) is 25.5. The Bertz CT molecular complexity index is 710. The van der Waals surface area contributed by atoms with Crippen molar-refractivity contribution in [1.82, 2.24) is 14.8 Å². The Morgan fingerprint density at radius 1 is 1.31 bits per heavy atom. The van der Waals surface area contributed by atoms with Crippen LogP contribution >= 0.6 is 0 Å². The number of carboxylic acid groups (broad SMARTS) is 1. The van der Waals surface area contributed by atoms with Gasteiger partial charge in [-0.25, -0.2) is 9.78 Å². The van der Waals surface area contributed by atoms with E-state index in [1.807, 2.05) is 12.1 Å². The Morgan fingerprint density at radius 2 is 2.04 bits per heavy atom. The molecule has 1 atom stereocenters. The molecule has 0 bridgehead atoms. The molecule has 2 aliphatic heterocycles. The first-order valence-corrected chi connectivity index (χ1v) is 9.42. The first-order chi connectivity index (χ1) is 12.5. The van der Waals surface area contributed by atoms with E-state index in [0.29, 0.717) is 18.8 Å². The van der Waals surface area contributed by atoms with Crippen LogP contribution in [0.3, 0.4) is 0 Å². The van der Waals surface area contributed by atoms with E-state index >= 15 is 0 Å². The Morgan fingerprint density at radius 3 is 2.65 bits per heavy atom. The SMILES string of the molecule is Nc1ncccc1CN1CCC2(CC1)C[C@@H](C(=O)O)N(C(=O)C1CC1)C2. The molecule has 3 N–H and O–H groups in total. The summed E-state index contributed by atoms with van der Waals surface area (Å²) in [5.41, 5.74) is 6.92. The van der Waals surface area contributed by atoms with Crippen LogP contribution in [0.1, 0.15) is 37.7 Å². The van der Waals surface area contributed by atoms with Crippen molar-refractivity contribution in [2.24, 2.45) is 11.3 Å². The fraction of sp³-hybridized carbons (Fsp3) is 0.632. The number of aliphatic carboxylic acids is 1. The molecule has 0 unspecified atom stereocenters. The van der Waals surface area contributed by atoms with E-state index in [1.54, 1.807) is 11.1 Å². The zero-order valence-electron chi connectivity index (χ0n) is 14.9. The van der Waals surface area contributed by atoms with Crippen molar-refractivity contribution in [3.8, 4) is 0 Å². The minimum atomic E-state index is -0.860. The Balaban J connectivity index is 1.40. The number of aromatic nitrogens is 1. The number of amides is 1. The Labute approximate surface area is 153 Å². The molecule has 7 nitrogen and oxygen atoms in total. The average molecular weight is 358 g/mol. The van der Waals surface area contributed by atoms with E-state index < -0.39 is 12.0 Å². The number of hydrogen-bond donors (Lipinski definition) is 2. The van der Waals surface area contributed by atoms with E-state index in [1.165, 1.54) is 0 Å². The van der Waals surface area contributed by atoms with Crippen LogP contribution in [0, 0.1) is 11.3 Å². The van der Waals surface area contributed by atoms with Gasteiger partial charge in [0.25, 0.3) is 0 Å². The summed E-state index contributed by atoms with van der Waals surface area (Å²) in [6.07, 6.45) is 5.95. The number of hydrogen-bond acceptors (Lipinski definition) is 5. The van der Waals surface area contributed by atoms with Crippen LogP contribution < -0.4 is 5.73 Å². The molecular formula is C19H26N4O3. The van der Waals surface area contributed by atoms with Gasteiger partial charge in [0, 0.05) is 30.8 Å². The summed E-state index contributed by atoms with van der Waals surface area (Å²) >= 11 is 0. The second kappa shape index (κ2) is 6.54. The van der Waals surface area contributed by atoms with Crippen LogP contribution in [-0.2, 0) is 16.1 Å². The van der Waals surface area contributed by atoms with Crippen LogP contribution in [-0.4, -0.2) is 57.4 Å². The molecule has 3 heterocycles. The number of carboxylic acids is 1. The highest BCUT2D eigenvalue weighted by Crippen LogP contribution is 2.45. The van der Waals surface area contributed by atoms with E-state index in [0.717, 1.165) is 50.9 Å². The number of piperidine rings is 1. The van der Waals surface area contributed by atoms with Crippen molar-refractivity contribution in [2.75, 3.05) is 25.4 Å². The molecule has 7 heteroatoms. The lowest BCUT2D eigenvalue weighted by molar-refractivity contribution is -0.148. The van der Waals surface area contributed by atoms with Crippen LogP contribution in [0.2, 0.25) is 0 Å². The monoisotopic (exact) mass is 358 g/mol. The van der Waals surface area contributed by atoms with Gasteiger partial charge in [-0.05, 0) is 56.7 Å². The highest BCUT2D eigenvalue weighted by atomic mass is 16.4. The minimum Gasteiger partial charge on any atom is -0.480 e. The van der Waals surface area contributed by atoms with E-state index in [-0.39, 0.29) is 17.2 Å². The number of rotatable bonds is 4. The van der Waals surface area contributed by atoms with Crippen molar-refractivity contribution in [1.29, 1.82) is 0 Å². The molecule has 1 spiro atoms. The summed E-state index contributed by atoms with van der Waals surface area (Å²) < 4.78 is 0. The van der Waals surface area contributed by atoms with Gasteiger partial charge in [-0.1, -0.05) is 6.07 Å². The summed E-state index contributed by atoms with van der Waals surface area (Å²) in [5.74, 6) is -0.164. The van der Waals surface area contributed by atoms with Gasteiger partial charge < -0.3 is 15.7 Å². The third-order valence-corrected chi connectivity index (χ3v) is 6.24. The number of anilines is 1. The predicted molar refractivity (Wildman–Crippen MR) is 96.1 cm³/mol. The molecule has 3 fully saturated rings. The van der Waals surface area contributed by atoms with Crippen molar-refractivity contribution in [3.63, 3.8) is 0 Å². The van der Waals surface area contributed by atoms with Crippen molar-refractivity contribution >= 4 is 17.7 Å². The molecular weight excluding hydrogens is 332 g/mol. The van der Waals surface area contributed by atoms with Gasteiger partial charge in [0.05, 0.1) is 0 Å². The fourth-order valence-electron chi connectivity index (χ4n) is 4.45. The maximum Gasteiger partial charge on any atom is 0.326 e. The second-order valence-corrected chi connectivity index (χ2v) is 8.12. The smallest absolute Gasteiger partial charge is 0.326 e. The van der Waals surface area contributed by atoms with Gasteiger partial charge in [0.2, 0.25) is 5.91 Å². The van der Waals surface area contributed by atoms with Gasteiger partial charge in [-0.2, -0.15) is 0 Å². The van der Waals surface area contributed by atoms with Crippen LogP contribution in [0.5, 0.6) is 0 Å². The lowest BCUT2D eigenvalue weighted by Crippen LogP contribution is -2.43. The Hall–Kier alpha value is -2.15. The van der Waals surface area contributed by atoms with Crippen LogP contribution in [0.15, 0.2) is 18.3 Å². The topological polar surface area (TPSA) is 99.8 Å². The molecule has 3 aliphatic rings. The number of nitrogens with zero attached hydrogens (tertiary/aromatic N) is 3. The fourth-order valence-corrected chi connectivity index (χ4v) is 4.45. The van der Waals surface area contributed by atoms with Gasteiger partial charge in [-0.3, -0.25) is 9.69 Å². The van der Waals surface area contributed by atoms with Crippen molar-refractivity contribution < 1.29 is 14.7 Å². The van der Waals surface area contributed by atoms with E-state index in [2.05, 4.69) is 9.88 Å². The van der Waals surface area contributed by atoms with E-state index in [4.69, 9.17) is 5.73 Å². The molecule has 1 saturated carbocycles. The van der Waals surface area contributed by atoms with Crippen molar-refractivity contribution in [2.45, 2.75) is 44.7 Å². The van der Waals surface area contributed by atoms with Crippen LogP contribution in [0.4, 0.5) is 5.82 Å². The highest BCUT2D eigenvalue weighted by molar-refractivity contribution is 5.87. The first-order valence-electron chi connectivity index (χ1n) is 9.42. The molecule has 1 aliphatic carbocycles. The maximum absolute atomic E-state index is 12.5. The third-order valence-electron chi connectivity index (χ3n) is 6.24. The zero-order chi connectivity index (χ0) is 18.3. The molecule has 1 aromatic heterocycles. The van der Waals surface area contributed by atoms with Gasteiger partial charge in [-0.15, -0.1) is 0 Å². The maximum atomic E-state index is 12.5. The third kappa shape index (κ3) is 3.28. The Kier molecular flexibility index (Phi) is 4.34. The second-order valence-electron chi connectivity index (χ2n) is 8.12. The first kappa shape index (κ1) is 17.3. The number of carbonyl (C=O) groups excluding carboxylic acids is 1. The van der Waals surface area contributed by atoms with Crippen molar-refractivity contribution in [3.05, 3.63) is 23.9 Å². The van der Waals surface area contributed by atoms with E-state index in [9.17, 15) is 14.7 Å². The molecule has 0 radical (unpaired) electrons. The molecule has 0 aromatic carbocycles.